The van der Waals surface area contributed by atoms with Gasteiger partial charge in [-0.05, 0) is 12.8 Å². The Kier molecular flexibility index (Phi) is 5.50. The lowest BCUT2D eigenvalue weighted by Crippen LogP contribution is -2.44. The van der Waals surface area contributed by atoms with E-state index in [1.54, 1.807) is 17.5 Å². The van der Waals surface area contributed by atoms with E-state index < -0.39 is 0 Å². The molecule has 3 heterocycles. The number of thiazole rings is 1. The molecule has 1 saturated heterocycles. The van der Waals surface area contributed by atoms with E-state index in [0.717, 1.165) is 43.2 Å². The Morgan fingerprint density at radius 2 is 2.00 bits per heavy atom. The lowest BCUT2D eigenvalue weighted by atomic mass is 10.0. The summed E-state index contributed by atoms with van der Waals surface area (Å²) in [6, 6.07) is 10.5. The second-order valence-corrected chi connectivity index (χ2v) is 7.48. The standard InChI is InChI=1S/C20H21N5OS/c26-19(18-12-21-8-9-22-18)23-16-6-10-25(11-7-16)13-17-14-27-20(24-17)15-4-2-1-3-5-15/h1-5,8-9,12,14,16H,6-7,10-11,13H2,(H,23,26). The third-order valence-corrected chi connectivity index (χ3v) is 5.62. The first-order valence-electron chi connectivity index (χ1n) is 9.07. The number of hydrogen-bond acceptors (Lipinski definition) is 6. The van der Waals surface area contributed by atoms with Crippen LogP contribution in [0.25, 0.3) is 10.6 Å². The van der Waals surface area contributed by atoms with Gasteiger partial charge in [0.25, 0.3) is 5.91 Å². The van der Waals surface area contributed by atoms with Crippen LogP contribution in [0.1, 0.15) is 29.0 Å². The van der Waals surface area contributed by atoms with Gasteiger partial charge in [0, 0.05) is 49.0 Å². The summed E-state index contributed by atoms with van der Waals surface area (Å²) >= 11 is 1.69. The number of rotatable bonds is 5. The maximum atomic E-state index is 12.2. The van der Waals surface area contributed by atoms with Gasteiger partial charge in [-0.25, -0.2) is 9.97 Å². The van der Waals surface area contributed by atoms with Crippen LogP contribution in [-0.2, 0) is 6.54 Å². The third-order valence-electron chi connectivity index (χ3n) is 4.68. The number of piperidine rings is 1. The van der Waals surface area contributed by atoms with E-state index in [2.05, 4.69) is 37.7 Å². The van der Waals surface area contributed by atoms with E-state index >= 15 is 0 Å². The van der Waals surface area contributed by atoms with Crippen LogP contribution in [-0.4, -0.2) is 44.9 Å². The SMILES string of the molecule is O=C(NC1CCN(Cc2csc(-c3ccccc3)n2)CC1)c1cnccn1. The van der Waals surface area contributed by atoms with E-state index in [-0.39, 0.29) is 11.9 Å². The number of hydrogen-bond donors (Lipinski definition) is 1. The van der Waals surface area contributed by atoms with Gasteiger partial charge in [0.2, 0.25) is 0 Å². The van der Waals surface area contributed by atoms with Gasteiger partial charge in [-0.15, -0.1) is 11.3 Å². The van der Waals surface area contributed by atoms with Gasteiger partial charge in [0.1, 0.15) is 10.7 Å². The van der Waals surface area contributed by atoms with Crippen molar-refractivity contribution in [2.45, 2.75) is 25.4 Å². The van der Waals surface area contributed by atoms with Crippen molar-refractivity contribution < 1.29 is 4.79 Å². The minimum atomic E-state index is -0.145. The summed E-state index contributed by atoms with van der Waals surface area (Å²) in [5, 5.41) is 6.27. The van der Waals surface area contributed by atoms with Gasteiger partial charge < -0.3 is 5.32 Å². The van der Waals surface area contributed by atoms with Gasteiger partial charge in [-0.2, -0.15) is 0 Å². The summed E-state index contributed by atoms with van der Waals surface area (Å²) in [6.07, 6.45) is 6.46. The van der Waals surface area contributed by atoms with Gasteiger partial charge in [-0.3, -0.25) is 14.7 Å². The molecule has 1 fully saturated rings. The van der Waals surface area contributed by atoms with E-state index in [1.807, 2.05) is 18.2 Å². The Hall–Kier alpha value is -2.64. The average molecular weight is 379 g/mol. The highest BCUT2D eigenvalue weighted by Gasteiger charge is 2.22. The predicted molar refractivity (Wildman–Crippen MR) is 105 cm³/mol. The summed E-state index contributed by atoms with van der Waals surface area (Å²) in [7, 11) is 0. The van der Waals surface area contributed by atoms with Crippen LogP contribution in [0.2, 0.25) is 0 Å². The van der Waals surface area contributed by atoms with E-state index in [0.29, 0.717) is 5.69 Å². The number of nitrogens with zero attached hydrogens (tertiary/aromatic N) is 4. The summed E-state index contributed by atoms with van der Waals surface area (Å²) in [4.78, 5) is 27.4. The lowest BCUT2D eigenvalue weighted by Gasteiger charge is -2.31. The molecular weight excluding hydrogens is 358 g/mol. The Balaban J connectivity index is 1.27. The molecule has 0 atom stereocenters. The molecule has 0 aliphatic carbocycles. The van der Waals surface area contributed by atoms with Crippen molar-refractivity contribution in [2.24, 2.45) is 0 Å². The fraction of sp³-hybridized carbons (Fsp3) is 0.300. The van der Waals surface area contributed by atoms with Crippen molar-refractivity contribution in [3.63, 3.8) is 0 Å². The largest absolute Gasteiger partial charge is 0.348 e. The Morgan fingerprint density at radius 1 is 1.19 bits per heavy atom. The summed E-state index contributed by atoms with van der Waals surface area (Å²) in [6.45, 7) is 2.75. The number of benzene rings is 1. The Labute approximate surface area is 162 Å². The van der Waals surface area contributed by atoms with Crippen LogP contribution in [0.4, 0.5) is 0 Å². The van der Waals surface area contributed by atoms with E-state index in [4.69, 9.17) is 4.98 Å². The lowest BCUT2D eigenvalue weighted by molar-refractivity contribution is 0.0903. The van der Waals surface area contributed by atoms with Crippen molar-refractivity contribution in [1.82, 2.24) is 25.2 Å². The van der Waals surface area contributed by atoms with Crippen molar-refractivity contribution >= 4 is 17.2 Å². The zero-order chi connectivity index (χ0) is 18.5. The first-order valence-corrected chi connectivity index (χ1v) is 9.95. The summed E-state index contributed by atoms with van der Waals surface area (Å²) in [5.41, 5.74) is 2.65. The molecule has 1 aromatic carbocycles. The second-order valence-electron chi connectivity index (χ2n) is 6.62. The molecule has 1 N–H and O–H groups in total. The molecule has 0 bridgehead atoms. The molecule has 7 heteroatoms. The molecule has 0 spiro atoms. The molecule has 3 aromatic rings. The molecule has 0 unspecified atom stereocenters. The number of aromatic nitrogens is 3. The smallest absolute Gasteiger partial charge is 0.271 e. The Morgan fingerprint density at radius 3 is 2.74 bits per heavy atom. The highest BCUT2D eigenvalue weighted by molar-refractivity contribution is 7.13. The van der Waals surface area contributed by atoms with Crippen LogP contribution < -0.4 is 5.32 Å². The third kappa shape index (κ3) is 4.56. The molecule has 27 heavy (non-hydrogen) atoms. The highest BCUT2D eigenvalue weighted by atomic mass is 32.1. The van der Waals surface area contributed by atoms with Crippen LogP contribution in [0, 0.1) is 0 Å². The van der Waals surface area contributed by atoms with Crippen molar-refractivity contribution in [1.29, 1.82) is 0 Å². The first-order chi connectivity index (χ1) is 13.3. The monoisotopic (exact) mass is 379 g/mol. The molecular formula is C20H21N5OS. The van der Waals surface area contributed by atoms with Crippen LogP contribution in [0.15, 0.2) is 54.3 Å². The van der Waals surface area contributed by atoms with Crippen LogP contribution >= 0.6 is 11.3 Å². The molecule has 2 aromatic heterocycles. The van der Waals surface area contributed by atoms with Gasteiger partial charge >= 0.3 is 0 Å². The maximum absolute atomic E-state index is 12.2. The molecule has 138 valence electrons. The van der Waals surface area contributed by atoms with Gasteiger partial charge in [0.05, 0.1) is 11.9 Å². The number of carbonyl (C=O) groups is 1. The van der Waals surface area contributed by atoms with Crippen molar-refractivity contribution in [3.8, 4) is 10.6 Å². The molecule has 0 saturated carbocycles. The minimum absolute atomic E-state index is 0.145. The minimum Gasteiger partial charge on any atom is -0.348 e. The van der Waals surface area contributed by atoms with Crippen LogP contribution in [0.5, 0.6) is 0 Å². The summed E-state index contributed by atoms with van der Waals surface area (Å²) in [5.74, 6) is -0.145. The quantitative estimate of drug-likeness (QED) is 0.738. The molecule has 6 nitrogen and oxygen atoms in total. The molecule has 1 aliphatic heterocycles. The number of nitrogens with one attached hydrogen (secondary N) is 1. The van der Waals surface area contributed by atoms with E-state index in [9.17, 15) is 4.79 Å². The molecule has 1 aliphatic rings. The zero-order valence-electron chi connectivity index (χ0n) is 14.9. The fourth-order valence-corrected chi connectivity index (χ4v) is 4.05. The topological polar surface area (TPSA) is 71.0 Å². The molecule has 0 radical (unpaired) electrons. The number of amides is 1. The zero-order valence-corrected chi connectivity index (χ0v) is 15.7. The van der Waals surface area contributed by atoms with E-state index in [1.165, 1.54) is 18.0 Å². The normalized spacial score (nSPS) is 15.6. The van der Waals surface area contributed by atoms with Gasteiger partial charge in [0.15, 0.2) is 0 Å². The Bertz CT molecular complexity index is 876. The van der Waals surface area contributed by atoms with Crippen LogP contribution in [0.3, 0.4) is 0 Å². The van der Waals surface area contributed by atoms with Crippen molar-refractivity contribution in [3.05, 3.63) is 65.7 Å². The molecule has 1 amide bonds. The fourth-order valence-electron chi connectivity index (χ4n) is 3.23. The van der Waals surface area contributed by atoms with Gasteiger partial charge in [-0.1, -0.05) is 30.3 Å². The maximum Gasteiger partial charge on any atom is 0.271 e. The highest BCUT2D eigenvalue weighted by Crippen LogP contribution is 2.24. The average Bonchev–Trinajstić information content (AvgIpc) is 3.19. The molecule has 4 rings (SSSR count). The number of carbonyl (C=O) groups excluding carboxylic acids is 1. The summed E-state index contributed by atoms with van der Waals surface area (Å²) < 4.78 is 0. The second kappa shape index (κ2) is 8.37. The number of likely N-dealkylation sites (tertiary alicyclic amines) is 1. The van der Waals surface area contributed by atoms with Crippen molar-refractivity contribution in [2.75, 3.05) is 13.1 Å². The predicted octanol–water partition coefficient (Wildman–Crippen LogP) is 2.99. The first kappa shape index (κ1) is 17.8.